The quantitative estimate of drug-likeness (QED) is 0.862. The lowest BCUT2D eigenvalue weighted by Crippen LogP contribution is -2.27. The van der Waals surface area contributed by atoms with E-state index in [4.69, 9.17) is 21.1 Å². The van der Waals surface area contributed by atoms with Gasteiger partial charge in [-0.3, -0.25) is 0 Å². The summed E-state index contributed by atoms with van der Waals surface area (Å²) in [6, 6.07) is 11.7. The zero-order valence-corrected chi connectivity index (χ0v) is 14.6. The zero-order chi connectivity index (χ0) is 17.0. The summed E-state index contributed by atoms with van der Waals surface area (Å²) in [7, 11) is -1.01. The third-order valence-electron chi connectivity index (χ3n) is 3.36. The van der Waals surface area contributed by atoms with Gasteiger partial charge >= 0.3 is 0 Å². The van der Waals surface area contributed by atoms with Crippen LogP contribution in [-0.2, 0) is 10.0 Å². The molecule has 0 amide bonds. The van der Waals surface area contributed by atoms with Crippen LogP contribution in [-0.4, -0.2) is 22.6 Å². The summed E-state index contributed by atoms with van der Waals surface area (Å²) < 4.78 is 38.2. The number of methoxy groups -OCH3 is 2. The molecule has 0 bridgehead atoms. The van der Waals surface area contributed by atoms with Gasteiger partial charge in [0.1, 0.15) is 16.4 Å². The molecule has 2 aromatic rings. The second kappa shape index (κ2) is 7.21. The number of hydrogen-bond acceptors (Lipinski definition) is 4. The number of rotatable bonds is 6. The topological polar surface area (TPSA) is 64.6 Å². The highest BCUT2D eigenvalue weighted by Crippen LogP contribution is 2.35. The molecule has 23 heavy (non-hydrogen) atoms. The van der Waals surface area contributed by atoms with E-state index in [0.717, 1.165) is 5.56 Å². The van der Waals surface area contributed by atoms with Crippen molar-refractivity contribution < 1.29 is 17.9 Å². The summed E-state index contributed by atoms with van der Waals surface area (Å²) >= 11 is 6.01. The number of nitrogens with one attached hydrogen (secondary N) is 1. The lowest BCUT2D eigenvalue weighted by molar-refractivity contribution is 0.392. The summed E-state index contributed by atoms with van der Waals surface area (Å²) in [4.78, 5) is -0.0240. The predicted octanol–water partition coefficient (Wildman–Crippen LogP) is 3.40. The largest absolute Gasteiger partial charge is 0.495 e. The van der Waals surface area contributed by atoms with Crippen LogP contribution in [0.25, 0.3) is 0 Å². The van der Waals surface area contributed by atoms with Crippen LogP contribution in [0.2, 0.25) is 5.02 Å². The third-order valence-corrected chi connectivity index (χ3v) is 5.22. The summed E-state index contributed by atoms with van der Waals surface area (Å²) in [5.41, 5.74) is 0.857. The number of ether oxygens (including phenoxy) is 2. The number of hydrogen-bond donors (Lipinski definition) is 1. The normalized spacial score (nSPS) is 12.7. The van der Waals surface area contributed by atoms with Gasteiger partial charge in [0.05, 0.1) is 19.2 Å². The number of halogens is 1. The second-order valence-corrected chi connectivity index (χ2v) is 6.98. The van der Waals surface area contributed by atoms with E-state index in [1.807, 2.05) is 30.3 Å². The Morgan fingerprint density at radius 2 is 1.65 bits per heavy atom. The Kier molecular flexibility index (Phi) is 5.51. The third kappa shape index (κ3) is 3.96. The highest BCUT2D eigenvalue weighted by Gasteiger charge is 2.24. The summed E-state index contributed by atoms with van der Waals surface area (Å²) in [6.07, 6.45) is 0. The van der Waals surface area contributed by atoms with Crippen LogP contribution in [0.5, 0.6) is 11.5 Å². The van der Waals surface area contributed by atoms with E-state index in [-0.39, 0.29) is 21.4 Å². The van der Waals surface area contributed by atoms with Gasteiger partial charge in [0.25, 0.3) is 0 Å². The Bertz CT molecular complexity index is 778. The second-order valence-electron chi connectivity index (χ2n) is 4.89. The van der Waals surface area contributed by atoms with Crippen molar-refractivity contribution in [1.29, 1.82) is 0 Å². The van der Waals surface area contributed by atoms with Gasteiger partial charge in [-0.05, 0) is 12.5 Å². The summed E-state index contributed by atoms with van der Waals surface area (Å²) in [6.45, 7) is 1.77. The van der Waals surface area contributed by atoms with Gasteiger partial charge in [0.2, 0.25) is 10.0 Å². The summed E-state index contributed by atoms with van der Waals surface area (Å²) in [5.74, 6) is 0.420. The molecule has 7 heteroatoms. The molecule has 124 valence electrons. The van der Waals surface area contributed by atoms with Crippen LogP contribution < -0.4 is 14.2 Å². The molecule has 1 N–H and O–H groups in total. The van der Waals surface area contributed by atoms with Gasteiger partial charge in [0, 0.05) is 18.2 Å². The van der Waals surface area contributed by atoms with Gasteiger partial charge in [-0.1, -0.05) is 41.9 Å². The lowest BCUT2D eigenvalue weighted by atomic mass is 10.1. The molecule has 0 fully saturated rings. The average molecular weight is 356 g/mol. The monoisotopic (exact) mass is 355 g/mol. The molecule has 0 aliphatic carbocycles. The van der Waals surface area contributed by atoms with Crippen LogP contribution in [0.1, 0.15) is 18.5 Å². The first-order chi connectivity index (χ1) is 10.9. The minimum absolute atomic E-state index is 0.0240. The fourth-order valence-corrected chi connectivity index (χ4v) is 3.78. The van der Waals surface area contributed by atoms with Gasteiger partial charge in [0.15, 0.2) is 0 Å². The van der Waals surface area contributed by atoms with Gasteiger partial charge in [-0.2, -0.15) is 0 Å². The van der Waals surface area contributed by atoms with E-state index in [1.165, 1.54) is 26.4 Å². The predicted molar refractivity (Wildman–Crippen MR) is 89.7 cm³/mol. The standard InChI is InChI=1S/C16H18ClNO4S/c1-11(12-7-5-4-6-8-12)18-23(19,20)16-10-14(21-2)13(17)9-15(16)22-3/h4-11,18H,1-3H3/t11-/m0/s1. The van der Waals surface area contributed by atoms with E-state index in [9.17, 15) is 8.42 Å². The molecule has 0 spiro atoms. The van der Waals surface area contributed by atoms with Crippen molar-refractivity contribution in [2.75, 3.05) is 14.2 Å². The zero-order valence-electron chi connectivity index (χ0n) is 13.0. The molecule has 1 atom stereocenters. The van der Waals surface area contributed by atoms with E-state index in [2.05, 4.69) is 4.72 Å². The molecule has 0 radical (unpaired) electrons. The average Bonchev–Trinajstić information content (AvgIpc) is 2.54. The first-order valence-corrected chi connectivity index (χ1v) is 8.74. The first-order valence-electron chi connectivity index (χ1n) is 6.88. The molecule has 0 heterocycles. The van der Waals surface area contributed by atoms with Crippen LogP contribution in [0.15, 0.2) is 47.4 Å². The van der Waals surface area contributed by atoms with Crippen molar-refractivity contribution in [1.82, 2.24) is 4.72 Å². The highest BCUT2D eigenvalue weighted by molar-refractivity contribution is 7.89. The van der Waals surface area contributed by atoms with Crippen molar-refractivity contribution in [3.8, 4) is 11.5 Å². The molecule has 2 rings (SSSR count). The van der Waals surface area contributed by atoms with Crippen LogP contribution in [0.4, 0.5) is 0 Å². The Morgan fingerprint density at radius 3 is 2.22 bits per heavy atom. The fourth-order valence-electron chi connectivity index (χ4n) is 2.15. The van der Waals surface area contributed by atoms with E-state index in [0.29, 0.717) is 0 Å². The summed E-state index contributed by atoms with van der Waals surface area (Å²) in [5, 5.41) is 0.277. The number of sulfonamides is 1. The Balaban J connectivity index is 2.39. The first kappa shape index (κ1) is 17.6. The van der Waals surface area contributed by atoms with E-state index < -0.39 is 16.1 Å². The van der Waals surface area contributed by atoms with Crippen molar-refractivity contribution in [3.63, 3.8) is 0 Å². The maximum Gasteiger partial charge on any atom is 0.244 e. The molecular formula is C16H18ClNO4S. The fraction of sp³-hybridized carbons (Fsp3) is 0.250. The molecule has 0 saturated carbocycles. The Labute approximate surface area is 141 Å². The van der Waals surface area contributed by atoms with E-state index >= 15 is 0 Å². The highest BCUT2D eigenvalue weighted by atomic mass is 35.5. The SMILES string of the molecule is COc1cc(S(=O)(=O)N[C@@H](C)c2ccccc2)c(OC)cc1Cl. The van der Waals surface area contributed by atoms with Crippen molar-refractivity contribution in [3.05, 3.63) is 53.1 Å². The minimum Gasteiger partial charge on any atom is -0.495 e. The maximum absolute atomic E-state index is 12.7. The number of benzene rings is 2. The van der Waals surface area contributed by atoms with Crippen molar-refractivity contribution in [2.45, 2.75) is 17.9 Å². The molecular weight excluding hydrogens is 338 g/mol. The minimum atomic E-state index is -3.81. The molecule has 5 nitrogen and oxygen atoms in total. The molecule has 0 unspecified atom stereocenters. The van der Waals surface area contributed by atoms with Crippen LogP contribution in [0, 0.1) is 0 Å². The molecule has 0 saturated heterocycles. The van der Waals surface area contributed by atoms with Crippen LogP contribution >= 0.6 is 11.6 Å². The smallest absolute Gasteiger partial charge is 0.244 e. The molecule has 0 aliphatic heterocycles. The van der Waals surface area contributed by atoms with Gasteiger partial charge < -0.3 is 9.47 Å². The molecule has 0 aromatic heterocycles. The van der Waals surface area contributed by atoms with Gasteiger partial charge in [-0.15, -0.1) is 0 Å². The Morgan fingerprint density at radius 1 is 1.04 bits per heavy atom. The van der Waals surface area contributed by atoms with Gasteiger partial charge in [-0.25, -0.2) is 13.1 Å². The van der Waals surface area contributed by atoms with Crippen LogP contribution in [0.3, 0.4) is 0 Å². The molecule has 0 aliphatic rings. The van der Waals surface area contributed by atoms with Crippen molar-refractivity contribution >= 4 is 21.6 Å². The molecule has 2 aromatic carbocycles. The Hall–Kier alpha value is -1.76. The lowest BCUT2D eigenvalue weighted by Gasteiger charge is -2.17. The van der Waals surface area contributed by atoms with E-state index in [1.54, 1.807) is 6.92 Å². The maximum atomic E-state index is 12.7. The van der Waals surface area contributed by atoms with Crippen molar-refractivity contribution in [2.24, 2.45) is 0 Å².